The zero-order valence-electron chi connectivity index (χ0n) is 12.2. The van der Waals surface area contributed by atoms with Crippen molar-refractivity contribution >= 4 is 0 Å². The molecule has 1 aromatic carbocycles. The average Bonchev–Trinajstić information content (AvgIpc) is 3.06. The second-order valence-corrected chi connectivity index (χ2v) is 5.59. The SMILES string of the molecule is O=c1ccn2c(n1)O[C@H]1[C@@H]2[C@@H](COCc2ccccc2)O[C@@H]1O. The van der Waals surface area contributed by atoms with Crippen LogP contribution >= 0.6 is 0 Å². The first-order valence-corrected chi connectivity index (χ1v) is 7.43. The normalized spacial score (nSPS) is 28.2. The minimum atomic E-state index is -1.07. The van der Waals surface area contributed by atoms with Gasteiger partial charge in [-0.25, -0.2) is 0 Å². The summed E-state index contributed by atoms with van der Waals surface area (Å²) in [5, 5.41) is 10.0. The van der Waals surface area contributed by atoms with E-state index in [1.54, 1.807) is 10.8 Å². The molecule has 2 aliphatic rings. The van der Waals surface area contributed by atoms with Crippen LogP contribution in [0.1, 0.15) is 11.6 Å². The minimum absolute atomic E-state index is 0.211. The molecule has 3 heterocycles. The third kappa shape index (κ3) is 2.63. The lowest BCUT2D eigenvalue weighted by Crippen LogP contribution is -2.29. The maximum absolute atomic E-state index is 11.3. The monoisotopic (exact) mass is 316 g/mol. The molecule has 1 fully saturated rings. The fourth-order valence-corrected chi connectivity index (χ4v) is 3.02. The summed E-state index contributed by atoms with van der Waals surface area (Å²) < 4.78 is 18.5. The molecule has 4 atom stereocenters. The lowest BCUT2D eigenvalue weighted by molar-refractivity contribution is -0.135. The van der Waals surface area contributed by atoms with Crippen LogP contribution in [-0.2, 0) is 16.1 Å². The van der Waals surface area contributed by atoms with Gasteiger partial charge in [-0.05, 0) is 5.56 Å². The standard InChI is InChI=1S/C16H16N2O5/c19-12-6-7-18-13-11(9-21-8-10-4-2-1-3-5-10)22-15(20)14(13)23-16(18)17-12/h1-7,11,13-15,20H,8-9H2/t11-,13+,14+,15+/m1/s1. The second kappa shape index (κ2) is 5.77. The highest BCUT2D eigenvalue weighted by atomic mass is 16.7. The molecule has 2 aliphatic heterocycles. The maximum atomic E-state index is 11.3. The molecule has 7 nitrogen and oxygen atoms in total. The molecule has 1 N–H and O–H groups in total. The molecule has 0 spiro atoms. The first-order valence-electron chi connectivity index (χ1n) is 7.43. The molecule has 0 bridgehead atoms. The Bertz CT molecular complexity index is 748. The minimum Gasteiger partial charge on any atom is -0.453 e. The van der Waals surface area contributed by atoms with E-state index in [-0.39, 0.29) is 23.7 Å². The lowest BCUT2D eigenvalue weighted by atomic mass is 10.1. The smallest absolute Gasteiger partial charge is 0.300 e. The van der Waals surface area contributed by atoms with Crippen LogP contribution in [0.15, 0.2) is 47.4 Å². The van der Waals surface area contributed by atoms with Crippen LogP contribution in [-0.4, -0.2) is 39.8 Å². The second-order valence-electron chi connectivity index (χ2n) is 5.59. The average molecular weight is 316 g/mol. The van der Waals surface area contributed by atoms with Gasteiger partial charge in [-0.1, -0.05) is 30.3 Å². The summed E-state index contributed by atoms with van der Waals surface area (Å²) >= 11 is 0. The summed E-state index contributed by atoms with van der Waals surface area (Å²) in [7, 11) is 0. The Kier molecular flexibility index (Phi) is 3.60. The Morgan fingerprint density at radius 2 is 2.09 bits per heavy atom. The third-order valence-corrected chi connectivity index (χ3v) is 4.07. The van der Waals surface area contributed by atoms with Crippen molar-refractivity contribution in [1.82, 2.24) is 9.55 Å². The molecule has 0 radical (unpaired) electrons. The number of aliphatic hydroxyl groups excluding tert-OH is 1. The topological polar surface area (TPSA) is 82.8 Å². The number of nitrogens with zero attached hydrogens (tertiary/aromatic N) is 2. The van der Waals surface area contributed by atoms with Gasteiger partial charge in [-0.2, -0.15) is 4.98 Å². The van der Waals surface area contributed by atoms with Gasteiger partial charge in [0.05, 0.1) is 13.2 Å². The summed E-state index contributed by atoms with van der Waals surface area (Å²) in [4.78, 5) is 15.1. The number of hydrogen-bond acceptors (Lipinski definition) is 6. The van der Waals surface area contributed by atoms with Gasteiger partial charge in [0.1, 0.15) is 12.1 Å². The first-order chi connectivity index (χ1) is 11.2. The van der Waals surface area contributed by atoms with Crippen molar-refractivity contribution in [3.8, 4) is 6.01 Å². The van der Waals surface area contributed by atoms with Gasteiger partial charge < -0.3 is 19.3 Å². The quantitative estimate of drug-likeness (QED) is 0.883. The van der Waals surface area contributed by atoms with Crippen molar-refractivity contribution in [1.29, 1.82) is 0 Å². The Morgan fingerprint density at radius 3 is 2.91 bits per heavy atom. The molecule has 1 aromatic heterocycles. The van der Waals surface area contributed by atoms with Crippen LogP contribution in [0.2, 0.25) is 0 Å². The zero-order chi connectivity index (χ0) is 15.8. The van der Waals surface area contributed by atoms with Crippen LogP contribution in [0.3, 0.4) is 0 Å². The molecule has 0 amide bonds. The largest absolute Gasteiger partial charge is 0.453 e. The van der Waals surface area contributed by atoms with Gasteiger partial charge in [0, 0.05) is 12.3 Å². The van der Waals surface area contributed by atoms with Gasteiger partial charge in [0.25, 0.3) is 5.56 Å². The van der Waals surface area contributed by atoms with Crippen molar-refractivity contribution in [3.63, 3.8) is 0 Å². The van der Waals surface area contributed by atoms with E-state index in [9.17, 15) is 9.90 Å². The Labute approximate surface area is 132 Å². The number of aromatic nitrogens is 2. The molecule has 0 aliphatic carbocycles. The van der Waals surface area contributed by atoms with E-state index in [0.29, 0.717) is 13.2 Å². The van der Waals surface area contributed by atoms with Crippen LogP contribution in [0.4, 0.5) is 0 Å². The van der Waals surface area contributed by atoms with Crippen LogP contribution < -0.4 is 10.3 Å². The molecule has 7 heteroatoms. The zero-order valence-corrected chi connectivity index (χ0v) is 12.2. The van der Waals surface area contributed by atoms with E-state index in [4.69, 9.17) is 14.2 Å². The van der Waals surface area contributed by atoms with Crippen LogP contribution in [0, 0.1) is 0 Å². The maximum Gasteiger partial charge on any atom is 0.300 e. The highest BCUT2D eigenvalue weighted by molar-refractivity contribution is 5.14. The number of rotatable bonds is 4. The van der Waals surface area contributed by atoms with E-state index in [0.717, 1.165) is 5.56 Å². The fraction of sp³-hybridized carbons (Fsp3) is 0.375. The fourth-order valence-electron chi connectivity index (χ4n) is 3.02. The summed E-state index contributed by atoms with van der Waals surface area (Å²) in [6.45, 7) is 0.770. The molecule has 4 rings (SSSR count). The highest BCUT2D eigenvalue weighted by Gasteiger charge is 2.51. The number of aliphatic hydroxyl groups is 1. The van der Waals surface area contributed by atoms with Gasteiger partial charge in [0.15, 0.2) is 12.4 Å². The molecule has 120 valence electrons. The highest BCUT2D eigenvalue weighted by Crippen LogP contribution is 2.39. The van der Waals surface area contributed by atoms with Gasteiger partial charge >= 0.3 is 6.01 Å². The van der Waals surface area contributed by atoms with E-state index in [1.807, 2.05) is 30.3 Å². The van der Waals surface area contributed by atoms with Crippen molar-refractivity contribution in [2.75, 3.05) is 6.61 Å². The van der Waals surface area contributed by atoms with E-state index in [1.165, 1.54) is 6.07 Å². The number of ether oxygens (including phenoxy) is 3. The number of fused-ring (bicyclic) bond motifs is 3. The Balaban J connectivity index is 1.47. The number of benzene rings is 1. The van der Waals surface area contributed by atoms with Crippen LogP contribution in [0.5, 0.6) is 6.01 Å². The summed E-state index contributed by atoms with van der Waals surface area (Å²) in [6, 6.07) is 11.1. The predicted octanol–water partition coefficient (Wildman–Crippen LogP) is 0.479. The Morgan fingerprint density at radius 1 is 1.26 bits per heavy atom. The number of hydrogen-bond donors (Lipinski definition) is 1. The molecule has 23 heavy (non-hydrogen) atoms. The Hall–Kier alpha value is -2.22. The van der Waals surface area contributed by atoms with E-state index >= 15 is 0 Å². The van der Waals surface area contributed by atoms with Crippen LogP contribution in [0.25, 0.3) is 0 Å². The molecule has 1 saturated heterocycles. The molecular weight excluding hydrogens is 300 g/mol. The van der Waals surface area contributed by atoms with E-state index < -0.39 is 12.4 Å². The lowest BCUT2D eigenvalue weighted by Gasteiger charge is -2.18. The van der Waals surface area contributed by atoms with E-state index in [2.05, 4.69) is 4.98 Å². The first kappa shape index (κ1) is 14.4. The van der Waals surface area contributed by atoms with Crippen molar-refractivity contribution < 1.29 is 19.3 Å². The van der Waals surface area contributed by atoms with Gasteiger partial charge in [-0.15, -0.1) is 0 Å². The molecule has 2 aromatic rings. The summed E-state index contributed by atoms with van der Waals surface area (Å²) in [6.07, 6.45) is -0.401. The summed E-state index contributed by atoms with van der Waals surface area (Å²) in [5.74, 6) is 0. The summed E-state index contributed by atoms with van der Waals surface area (Å²) in [5.41, 5.74) is 0.694. The molecular formula is C16H16N2O5. The van der Waals surface area contributed by atoms with Gasteiger partial charge in [-0.3, -0.25) is 9.36 Å². The van der Waals surface area contributed by atoms with Crippen molar-refractivity contribution in [2.45, 2.75) is 31.1 Å². The van der Waals surface area contributed by atoms with Crippen molar-refractivity contribution in [2.24, 2.45) is 0 Å². The predicted molar refractivity (Wildman–Crippen MR) is 78.9 cm³/mol. The van der Waals surface area contributed by atoms with Crippen molar-refractivity contribution in [3.05, 3.63) is 58.5 Å². The van der Waals surface area contributed by atoms with Gasteiger partial charge in [0.2, 0.25) is 0 Å². The molecule has 0 saturated carbocycles. The third-order valence-electron chi connectivity index (χ3n) is 4.07. The molecule has 0 unspecified atom stereocenters.